The minimum atomic E-state index is -0.0882. The van der Waals surface area contributed by atoms with E-state index in [0.29, 0.717) is 24.9 Å². The molecule has 4 atom stereocenters. The fraction of sp³-hybridized carbons (Fsp3) is 0.923. The van der Waals surface area contributed by atoms with Gasteiger partial charge in [-0.05, 0) is 37.6 Å². The number of amides is 1. The quantitative estimate of drug-likeness (QED) is 0.620. The van der Waals surface area contributed by atoms with Gasteiger partial charge in [0.15, 0.2) is 0 Å². The highest BCUT2D eigenvalue weighted by molar-refractivity contribution is 5.82. The Bertz CT molecular complexity index is 279. The van der Waals surface area contributed by atoms with Crippen molar-refractivity contribution in [1.29, 1.82) is 0 Å². The average Bonchev–Trinajstić information content (AvgIpc) is 2.90. The second kappa shape index (κ2) is 6.50. The molecule has 1 saturated carbocycles. The number of carbonyl (C=O) groups excluding carboxylic acids is 1. The first-order valence-electron chi connectivity index (χ1n) is 6.89. The summed E-state index contributed by atoms with van der Waals surface area (Å²) >= 11 is 0. The number of carbonyl (C=O) groups is 1. The number of aliphatic hydroxyl groups is 1. The molecule has 104 valence electrons. The zero-order valence-corrected chi connectivity index (χ0v) is 11.0. The average molecular weight is 256 g/mol. The number of ether oxygens (including phenoxy) is 1. The lowest BCUT2D eigenvalue weighted by Gasteiger charge is -2.22. The van der Waals surface area contributed by atoms with Crippen LogP contribution in [-0.2, 0) is 9.53 Å². The molecule has 1 amide bonds. The van der Waals surface area contributed by atoms with E-state index < -0.39 is 0 Å². The van der Waals surface area contributed by atoms with E-state index in [2.05, 4.69) is 10.6 Å². The summed E-state index contributed by atoms with van der Waals surface area (Å²) in [6.45, 7) is 1.49. The Balaban J connectivity index is 1.86. The van der Waals surface area contributed by atoms with Crippen molar-refractivity contribution >= 4 is 5.91 Å². The molecule has 0 aromatic carbocycles. The van der Waals surface area contributed by atoms with Crippen LogP contribution in [0.2, 0.25) is 0 Å². The molecule has 0 radical (unpaired) electrons. The van der Waals surface area contributed by atoms with Gasteiger partial charge in [0.25, 0.3) is 0 Å². The van der Waals surface area contributed by atoms with Gasteiger partial charge in [-0.25, -0.2) is 0 Å². The van der Waals surface area contributed by atoms with Crippen LogP contribution in [-0.4, -0.2) is 50.0 Å². The van der Waals surface area contributed by atoms with Crippen LogP contribution in [0.4, 0.5) is 0 Å². The molecule has 1 aliphatic heterocycles. The number of rotatable bonds is 6. The zero-order valence-electron chi connectivity index (χ0n) is 11.0. The summed E-state index contributed by atoms with van der Waals surface area (Å²) in [5, 5.41) is 15.3. The number of methoxy groups -OCH3 is 1. The second-order valence-electron chi connectivity index (χ2n) is 5.41. The van der Waals surface area contributed by atoms with Gasteiger partial charge in [0.2, 0.25) is 5.91 Å². The third-order valence-corrected chi connectivity index (χ3v) is 4.22. The lowest BCUT2D eigenvalue weighted by atomic mass is 9.93. The first-order valence-corrected chi connectivity index (χ1v) is 6.89. The highest BCUT2D eigenvalue weighted by Crippen LogP contribution is 2.37. The highest BCUT2D eigenvalue weighted by Gasteiger charge is 2.42. The van der Waals surface area contributed by atoms with Gasteiger partial charge in [0, 0.05) is 13.7 Å². The van der Waals surface area contributed by atoms with Gasteiger partial charge in [-0.3, -0.25) is 4.79 Å². The number of nitrogens with one attached hydrogen (secondary N) is 2. The summed E-state index contributed by atoms with van der Waals surface area (Å²) in [5.41, 5.74) is 0. The van der Waals surface area contributed by atoms with Crippen molar-refractivity contribution in [3.05, 3.63) is 0 Å². The maximum atomic E-state index is 12.2. The molecule has 5 heteroatoms. The summed E-state index contributed by atoms with van der Waals surface area (Å²) in [6.07, 6.45) is 4.20. The van der Waals surface area contributed by atoms with Crippen LogP contribution in [0.5, 0.6) is 0 Å². The van der Waals surface area contributed by atoms with Crippen LogP contribution < -0.4 is 10.6 Å². The van der Waals surface area contributed by atoms with Crippen LogP contribution in [0.3, 0.4) is 0 Å². The molecular weight excluding hydrogens is 232 g/mol. The molecule has 0 aromatic rings. The molecule has 1 heterocycles. The van der Waals surface area contributed by atoms with E-state index in [1.807, 2.05) is 0 Å². The summed E-state index contributed by atoms with van der Waals surface area (Å²) in [7, 11) is 1.61. The fourth-order valence-corrected chi connectivity index (χ4v) is 3.32. The Morgan fingerprint density at radius 3 is 3.11 bits per heavy atom. The van der Waals surface area contributed by atoms with Gasteiger partial charge in [0.05, 0.1) is 18.7 Å². The van der Waals surface area contributed by atoms with Gasteiger partial charge in [-0.1, -0.05) is 6.42 Å². The van der Waals surface area contributed by atoms with Crippen LogP contribution >= 0.6 is 0 Å². The lowest BCUT2D eigenvalue weighted by molar-refractivity contribution is -0.125. The molecule has 1 aliphatic carbocycles. The Hall–Kier alpha value is -0.650. The molecule has 18 heavy (non-hydrogen) atoms. The van der Waals surface area contributed by atoms with Crippen LogP contribution in [0.25, 0.3) is 0 Å². The Kier molecular flexibility index (Phi) is 4.97. The van der Waals surface area contributed by atoms with Gasteiger partial charge < -0.3 is 20.5 Å². The van der Waals surface area contributed by atoms with Gasteiger partial charge in [-0.2, -0.15) is 0 Å². The molecule has 0 bridgehead atoms. The standard InChI is InChI=1S/C13H24N2O3/c1-18-8-10(5-6-16)15-13(17)12-11-4-2-3-9(11)7-14-12/h9-12,14,16H,2-8H2,1H3,(H,15,17). The fourth-order valence-electron chi connectivity index (χ4n) is 3.32. The van der Waals surface area contributed by atoms with E-state index in [9.17, 15) is 4.79 Å². The van der Waals surface area contributed by atoms with Crippen LogP contribution in [0.1, 0.15) is 25.7 Å². The molecule has 2 aliphatic rings. The van der Waals surface area contributed by atoms with Crippen LogP contribution in [0, 0.1) is 11.8 Å². The number of fused-ring (bicyclic) bond motifs is 1. The van der Waals surface area contributed by atoms with E-state index in [-0.39, 0.29) is 24.6 Å². The third kappa shape index (κ3) is 3.02. The highest BCUT2D eigenvalue weighted by atomic mass is 16.5. The minimum Gasteiger partial charge on any atom is -0.396 e. The summed E-state index contributed by atoms with van der Waals surface area (Å²) in [4.78, 5) is 12.2. The molecule has 4 unspecified atom stereocenters. The van der Waals surface area contributed by atoms with E-state index in [0.717, 1.165) is 13.0 Å². The largest absolute Gasteiger partial charge is 0.396 e. The van der Waals surface area contributed by atoms with E-state index in [1.165, 1.54) is 12.8 Å². The van der Waals surface area contributed by atoms with Crippen molar-refractivity contribution in [3.63, 3.8) is 0 Å². The van der Waals surface area contributed by atoms with Crippen molar-refractivity contribution in [2.24, 2.45) is 11.8 Å². The van der Waals surface area contributed by atoms with E-state index in [4.69, 9.17) is 9.84 Å². The molecule has 1 saturated heterocycles. The number of hydrogen-bond donors (Lipinski definition) is 3. The Morgan fingerprint density at radius 2 is 2.39 bits per heavy atom. The monoisotopic (exact) mass is 256 g/mol. The van der Waals surface area contributed by atoms with E-state index >= 15 is 0 Å². The van der Waals surface area contributed by atoms with Crippen molar-refractivity contribution < 1.29 is 14.6 Å². The molecule has 5 nitrogen and oxygen atoms in total. The third-order valence-electron chi connectivity index (χ3n) is 4.22. The smallest absolute Gasteiger partial charge is 0.237 e. The van der Waals surface area contributed by atoms with Gasteiger partial charge in [0.1, 0.15) is 0 Å². The SMILES string of the molecule is COCC(CCO)NC(=O)C1NCC2CCCC21. The molecule has 3 N–H and O–H groups in total. The van der Waals surface area contributed by atoms with E-state index in [1.54, 1.807) is 7.11 Å². The minimum absolute atomic E-state index is 0.0458. The maximum absolute atomic E-state index is 12.2. The van der Waals surface area contributed by atoms with Crippen molar-refractivity contribution in [3.8, 4) is 0 Å². The summed E-state index contributed by atoms with van der Waals surface area (Å²) in [5.74, 6) is 1.25. The predicted molar refractivity (Wildman–Crippen MR) is 68.1 cm³/mol. The second-order valence-corrected chi connectivity index (χ2v) is 5.41. The molecule has 0 aromatic heterocycles. The predicted octanol–water partition coefficient (Wildman–Crippen LogP) is -0.112. The normalized spacial score (nSPS) is 32.2. The molecule has 2 rings (SSSR count). The molecular formula is C13H24N2O3. The lowest BCUT2D eigenvalue weighted by Crippen LogP contribution is -2.49. The Morgan fingerprint density at radius 1 is 1.56 bits per heavy atom. The van der Waals surface area contributed by atoms with Gasteiger partial charge in [-0.15, -0.1) is 0 Å². The van der Waals surface area contributed by atoms with Gasteiger partial charge >= 0.3 is 0 Å². The first kappa shape index (κ1) is 13.8. The zero-order chi connectivity index (χ0) is 13.0. The van der Waals surface area contributed by atoms with Crippen LogP contribution in [0.15, 0.2) is 0 Å². The Labute approximate surface area is 108 Å². The molecule has 0 spiro atoms. The summed E-state index contributed by atoms with van der Waals surface area (Å²) in [6, 6.07) is -0.134. The summed E-state index contributed by atoms with van der Waals surface area (Å²) < 4.78 is 5.06. The topological polar surface area (TPSA) is 70.6 Å². The van der Waals surface area contributed by atoms with Crippen molar-refractivity contribution in [2.45, 2.75) is 37.8 Å². The maximum Gasteiger partial charge on any atom is 0.237 e. The van der Waals surface area contributed by atoms with Crippen molar-refractivity contribution in [2.75, 3.05) is 26.9 Å². The number of aliphatic hydroxyl groups excluding tert-OH is 1. The molecule has 2 fully saturated rings. The number of hydrogen-bond acceptors (Lipinski definition) is 4. The first-order chi connectivity index (χ1) is 8.76. The van der Waals surface area contributed by atoms with Crippen molar-refractivity contribution in [1.82, 2.24) is 10.6 Å².